The quantitative estimate of drug-likeness (QED) is 0.171. The molecule has 14 heteroatoms. The number of amides is 1. The number of carbonyl (C=O) groups excluding carboxylic acids is 1. The summed E-state index contributed by atoms with van der Waals surface area (Å²) >= 11 is 7.67. The van der Waals surface area contributed by atoms with Crippen LogP contribution in [0.3, 0.4) is 0 Å². The van der Waals surface area contributed by atoms with Crippen molar-refractivity contribution in [3.05, 3.63) is 99.3 Å². The lowest BCUT2D eigenvalue weighted by atomic mass is 9.89. The fourth-order valence-corrected chi connectivity index (χ4v) is 9.86. The minimum absolute atomic E-state index is 0.0442. The molecule has 0 saturated carbocycles. The molecule has 6 aromatic rings. The van der Waals surface area contributed by atoms with Crippen molar-refractivity contribution in [1.29, 1.82) is 0 Å². The largest absolute Gasteiger partial charge is 0.496 e. The highest BCUT2D eigenvalue weighted by molar-refractivity contribution is 7.23. The number of ether oxygens (including phenoxy) is 2. The number of fused-ring (bicyclic) bond motifs is 6. The third-order valence-electron chi connectivity index (χ3n) is 10.9. The zero-order chi connectivity index (χ0) is 36.2. The van der Waals surface area contributed by atoms with Gasteiger partial charge in [-0.3, -0.25) is 9.78 Å². The second kappa shape index (κ2) is 11.9. The van der Waals surface area contributed by atoms with E-state index in [2.05, 4.69) is 20.5 Å². The van der Waals surface area contributed by atoms with E-state index < -0.39 is 18.4 Å². The maximum atomic E-state index is 15.7. The number of methoxy groups -OCH3 is 1. The van der Waals surface area contributed by atoms with E-state index in [0.717, 1.165) is 40.1 Å². The van der Waals surface area contributed by atoms with Crippen LogP contribution >= 0.6 is 22.9 Å². The average Bonchev–Trinajstić information content (AvgIpc) is 3.99. The molecule has 1 fully saturated rings. The van der Waals surface area contributed by atoms with Gasteiger partial charge in [-0.2, -0.15) is 0 Å². The summed E-state index contributed by atoms with van der Waals surface area (Å²) < 4.78 is 49.7. The number of nitrogens with zero attached hydrogens (tertiary/aromatic N) is 5. The lowest BCUT2D eigenvalue weighted by Gasteiger charge is -2.22. The Balaban J connectivity index is 1.15. The first-order valence-corrected chi connectivity index (χ1v) is 18.7. The lowest BCUT2D eigenvalue weighted by molar-refractivity contribution is -0.00734. The van der Waals surface area contributed by atoms with Crippen molar-refractivity contribution in [2.24, 2.45) is 0 Å². The molecule has 1 amide bonds. The molecule has 268 valence electrons. The number of thiophene rings is 1. The van der Waals surface area contributed by atoms with E-state index in [1.165, 1.54) is 18.4 Å². The molecule has 53 heavy (non-hydrogen) atoms. The zero-order valence-electron chi connectivity index (χ0n) is 28.6. The van der Waals surface area contributed by atoms with E-state index >= 15 is 8.78 Å². The van der Waals surface area contributed by atoms with E-state index in [9.17, 15) is 4.79 Å². The molecule has 3 aliphatic heterocycles. The van der Waals surface area contributed by atoms with Crippen LogP contribution < -0.4 is 14.8 Å². The molecule has 2 aromatic carbocycles. The van der Waals surface area contributed by atoms with Crippen LogP contribution in [0.5, 0.6) is 11.5 Å². The molecule has 7 heterocycles. The second-order valence-corrected chi connectivity index (χ2v) is 15.5. The van der Waals surface area contributed by atoms with Crippen LogP contribution in [-0.2, 0) is 12.8 Å². The molecule has 1 saturated heterocycles. The number of benzene rings is 2. The van der Waals surface area contributed by atoms with Crippen molar-refractivity contribution >= 4 is 44.7 Å². The number of halogens is 3. The number of anilines is 1. The molecule has 0 bridgehead atoms. The van der Waals surface area contributed by atoms with Crippen LogP contribution in [0.15, 0.2) is 59.1 Å². The van der Waals surface area contributed by atoms with E-state index in [1.54, 1.807) is 31.3 Å². The standard InChI is InChI=1S/C39H31ClF2N6O4S/c1-18-46-47-37(52-18)30-25(13-20-17-51-28-15-21(40)8-9-22(20)28)44-33-26-6-4-12-48(26)38(49)32(33)31(30)29-14-19-10-11-43-36(34(19)53-29)45-35-23-5-3-7-27(50-2)24(23)16-39(35,41)42/h3,5,7-11,14-15,20,26,35H,4,6,12-13,16-17H2,1-2H3,(H,43,45)/t20-,26-,35-/m0/s1. The first-order valence-electron chi connectivity index (χ1n) is 17.5. The maximum Gasteiger partial charge on any atom is 0.276 e. The molecular formula is C39H31ClF2N6O4S. The summed E-state index contributed by atoms with van der Waals surface area (Å²) in [4.78, 5) is 26.8. The van der Waals surface area contributed by atoms with E-state index in [4.69, 9.17) is 30.5 Å². The van der Waals surface area contributed by atoms with Crippen LogP contribution in [0.1, 0.15) is 75.2 Å². The molecule has 0 radical (unpaired) electrons. The van der Waals surface area contributed by atoms with Crippen LogP contribution in [-0.4, -0.2) is 57.2 Å². The molecule has 0 spiro atoms. The van der Waals surface area contributed by atoms with Gasteiger partial charge in [-0.1, -0.05) is 29.8 Å². The number of nitrogens with one attached hydrogen (secondary N) is 1. The SMILES string of the molecule is COc1cccc2c1CC(F)(F)[C@H]2Nc1nccc2cc(-c3c4c(nc(C[C@H]5COc6cc(Cl)ccc65)c3-c3nnc(C)o3)[C@@H]3CCCN3C4=O)sc12. The molecule has 0 unspecified atom stereocenters. The highest BCUT2D eigenvalue weighted by Gasteiger charge is 2.49. The molecule has 10 nitrogen and oxygen atoms in total. The first-order chi connectivity index (χ1) is 25.7. The summed E-state index contributed by atoms with van der Waals surface area (Å²) in [5.74, 6) is -1.10. The number of carbonyl (C=O) groups is 1. The van der Waals surface area contributed by atoms with Gasteiger partial charge >= 0.3 is 0 Å². The van der Waals surface area contributed by atoms with Crippen LogP contribution in [0.25, 0.3) is 32.0 Å². The molecule has 3 atom stereocenters. The van der Waals surface area contributed by atoms with Crippen molar-refractivity contribution in [2.75, 3.05) is 25.6 Å². The van der Waals surface area contributed by atoms with Gasteiger partial charge in [0.05, 0.1) is 47.0 Å². The average molecular weight is 753 g/mol. The third-order valence-corrected chi connectivity index (χ3v) is 12.3. The molecular weight excluding hydrogens is 722 g/mol. The summed E-state index contributed by atoms with van der Waals surface area (Å²) in [6.45, 7) is 2.80. The van der Waals surface area contributed by atoms with Crippen molar-refractivity contribution < 1.29 is 27.5 Å². The maximum absolute atomic E-state index is 15.7. The van der Waals surface area contributed by atoms with Gasteiger partial charge in [-0.05, 0) is 54.1 Å². The fourth-order valence-electron chi connectivity index (χ4n) is 8.53. The van der Waals surface area contributed by atoms with Crippen molar-refractivity contribution in [3.63, 3.8) is 0 Å². The van der Waals surface area contributed by atoms with Gasteiger partial charge in [-0.25, -0.2) is 13.8 Å². The van der Waals surface area contributed by atoms with Gasteiger partial charge in [0.1, 0.15) is 23.4 Å². The second-order valence-electron chi connectivity index (χ2n) is 14.0. The summed E-state index contributed by atoms with van der Waals surface area (Å²) in [5.41, 5.74) is 5.17. The zero-order valence-corrected chi connectivity index (χ0v) is 30.2. The monoisotopic (exact) mass is 752 g/mol. The Bertz CT molecular complexity index is 2500. The highest BCUT2D eigenvalue weighted by Crippen LogP contribution is 2.53. The lowest BCUT2D eigenvalue weighted by Crippen LogP contribution is -2.28. The molecule has 1 aliphatic carbocycles. The van der Waals surface area contributed by atoms with E-state index in [-0.39, 0.29) is 23.8 Å². The summed E-state index contributed by atoms with van der Waals surface area (Å²) in [6, 6.07) is 13.2. The Morgan fingerprint density at radius 2 is 2.00 bits per heavy atom. The van der Waals surface area contributed by atoms with Crippen molar-refractivity contribution in [3.8, 4) is 33.4 Å². The molecule has 4 aromatic heterocycles. The summed E-state index contributed by atoms with van der Waals surface area (Å²) in [6.07, 6.45) is 3.34. The van der Waals surface area contributed by atoms with Crippen molar-refractivity contribution in [2.45, 2.75) is 56.5 Å². The van der Waals surface area contributed by atoms with Gasteiger partial charge in [0.25, 0.3) is 11.8 Å². The topological polar surface area (TPSA) is 116 Å². The van der Waals surface area contributed by atoms with Crippen molar-refractivity contribution in [1.82, 2.24) is 25.1 Å². The predicted molar refractivity (Wildman–Crippen MR) is 195 cm³/mol. The van der Waals surface area contributed by atoms with Gasteiger partial charge < -0.3 is 24.1 Å². The first kappa shape index (κ1) is 32.5. The Morgan fingerprint density at radius 1 is 1.11 bits per heavy atom. The number of alkyl halides is 2. The summed E-state index contributed by atoms with van der Waals surface area (Å²) in [5, 5.41) is 13.1. The number of hydrogen-bond acceptors (Lipinski definition) is 10. The smallest absolute Gasteiger partial charge is 0.276 e. The molecule has 1 N–H and O–H groups in total. The molecule has 10 rings (SSSR count). The van der Waals surface area contributed by atoms with E-state index in [0.29, 0.717) is 80.3 Å². The number of rotatable bonds is 7. The minimum Gasteiger partial charge on any atom is -0.496 e. The van der Waals surface area contributed by atoms with Crippen LogP contribution in [0.4, 0.5) is 14.6 Å². The number of aromatic nitrogens is 4. The minimum atomic E-state index is -3.09. The Kier molecular flexibility index (Phi) is 7.32. The van der Waals surface area contributed by atoms with Gasteiger partial charge in [0.15, 0.2) is 0 Å². The molecule has 4 aliphatic rings. The highest BCUT2D eigenvalue weighted by atomic mass is 35.5. The number of aryl methyl sites for hydroxylation is 1. The Morgan fingerprint density at radius 3 is 2.83 bits per heavy atom. The van der Waals surface area contributed by atoms with Gasteiger partial charge in [-0.15, -0.1) is 21.5 Å². The van der Waals surface area contributed by atoms with Gasteiger partial charge in [0.2, 0.25) is 11.8 Å². The van der Waals surface area contributed by atoms with Crippen LogP contribution in [0, 0.1) is 6.92 Å². The number of hydrogen-bond donors (Lipinski definition) is 1. The predicted octanol–water partition coefficient (Wildman–Crippen LogP) is 8.73. The Hall–Kier alpha value is -5.14. The fraction of sp³-hybridized carbons (Fsp3) is 0.308. The summed E-state index contributed by atoms with van der Waals surface area (Å²) in [7, 11) is 1.49. The van der Waals surface area contributed by atoms with E-state index in [1.807, 2.05) is 35.2 Å². The third kappa shape index (κ3) is 5.03. The Labute approximate surface area is 311 Å². The van der Waals surface area contributed by atoms with Gasteiger partial charge in [0, 0.05) is 65.0 Å². The normalized spacial score (nSPS) is 20.7. The van der Waals surface area contributed by atoms with Crippen LogP contribution in [0.2, 0.25) is 5.02 Å². The number of pyridine rings is 2.